The Hall–Kier alpha value is -2.69. The fraction of sp³-hybridized carbons (Fsp3) is 0.462. The molecule has 1 aliphatic rings. The monoisotopic (exact) mass is 289 g/mol. The molecule has 21 heavy (non-hydrogen) atoms. The number of rotatable bonds is 4. The molecule has 1 saturated heterocycles. The topological polar surface area (TPSA) is 112 Å². The third kappa shape index (κ3) is 3.08. The molecule has 1 unspecified atom stereocenters. The summed E-state index contributed by atoms with van der Waals surface area (Å²) in [7, 11) is 0. The zero-order chi connectivity index (χ0) is 15.4. The van der Waals surface area contributed by atoms with Gasteiger partial charge in [-0.1, -0.05) is 0 Å². The summed E-state index contributed by atoms with van der Waals surface area (Å²) in [5, 5.41) is 22.8. The Labute approximate surface area is 121 Å². The van der Waals surface area contributed by atoms with E-state index in [1.54, 1.807) is 17.9 Å². The maximum absolute atomic E-state index is 12.2. The van der Waals surface area contributed by atoms with Crippen molar-refractivity contribution in [1.82, 2.24) is 9.88 Å². The molecule has 0 saturated carbocycles. The highest BCUT2D eigenvalue weighted by Crippen LogP contribution is 2.26. The number of nitro groups is 1. The van der Waals surface area contributed by atoms with Gasteiger partial charge in [-0.25, -0.2) is 4.98 Å². The fourth-order valence-electron chi connectivity index (χ4n) is 2.31. The number of likely N-dealkylation sites (tertiary alicyclic amines) is 1. The molecule has 0 aliphatic carbocycles. The van der Waals surface area contributed by atoms with Gasteiger partial charge in [-0.15, -0.1) is 0 Å². The first kappa shape index (κ1) is 14.7. The molecule has 110 valence electrons. The molecule has 1 fully saturated rings. The Bertz CT molecular complexity index is 604. The van der Waals surface area contributed by atoms with E-state index in [-0.39, 0.29) is 17.3 Å². The lowest BCUT2D eigenvalue weighted by Gasteiger charge is -2.21. The van der Waals surface area contributed by atoms with Crippen molar-refractivity contribution in [2.45, 2.75) is 25.8 Å². The van der Waals surface area contributed by atoms with Gasteiger partial charge in [-0.3, -0.25) is 14.9 Å². The molecule has 8 nitrogen and oxygen atoms in total. The Balaban J connectivity index is 2.21. The van der Waals surface area contributed by atoms with Gasteiger partial charge in [0.15, 0.2) is 0 Å². The van der Waals surface area contributed by atoms with Crippen LogP contribution < -0.4 is 5.32 Å². The van der Waals surface area contributed by atoms with Crippen molar-refractivity contribution < 1.29 is 9.72 Å². The minimum Gasteiger partial charge on any atom is -0.353 e. The van der Waals surface area contributed by atoms with E-state index in [0.717, 1.165) is 12.8 Å². The second kappa shape index (κ2) is 6.17. The van der Waals surface area contributed by atoms with Gasteiger partial charge in [0.25, 0.3) is 0 Å². The van der Waals surface area contributed by atoms with Crippen LogP contribution in [0.4, 0.5) is 11.5 Å². The minimum absolute atomic E-state index is 0.0564. The summed E-state index contributed by atoms with van der Waals surface area (Å²) in [5.41, 5.74) is -0.487. The Kier molecular flexibility index (Phi) is 4.33. The molecule has 1 aromatic rings. The highest BCUT2D eigenvalue weighted by atomic mass is 16.6. The van der Waals surface area contributed by atoms with Crippen LogP contribution in [-0.4, -0.2) is 39.8 Å². The van der Waals surface area contributed by atoms with Crippen LogP contribution in [0.3, 0.4) is 0 Å². The maximum atomic E-state index is 12.2. The standard InChI is InChI=1S/C13H15N5O3/c1-9(13(19)17-6-2-3-7-17)16-12-11(18(20)21)10(8-14)4-5-15-12/h4-5,9H,2-3,6-7H2,1H3,(H,15,16). The van der Waals surface area contributed by atoms with Gasteiger partial charge in [0.2, 0.25) is 11.7 Å². The van der Waals surface area contributed by atoms with Crippen LogP contribution in [-0.2, 0) is 4.79 Å². The Morgan fingerprint density at radius 1 is 1.57 bits per heavy atom. The molecule has 0 radical (unpaired) electrons. The number of nitrogens with one attached hydrogen (secondary N) is 1. The van der Waals surface area contributed by atoms with Crippen molar-refractivity contribution in [1.29, 1.82) is 5.26 Å². The van der Waals surface area contributed by atoms with Crippen LogP contribution in [0.15, 0.2) is 12.3 Å². The number of anilines is 1. The van der Waals surface area contributed by atoms with Crippen molar-refractivity contribution >= 4 is 17.4 Å². The number of amides is 1. The molecular weight excluding hydrogens is 274 g/mol. The Morgan fingerprint density at radius 3 is 2.81 bits per heavy atom. The highest BCUT2D eigenvalue weighted by molar-refractivity contribution is 5.85. The summed E-state index contributed by atoms with van der Waals surface area (Å²) in [6.45, 7) is 3.04. The van der Waals surface area contributed by atoms with Crippen molar-refractivity contribution in [2.24, 2.45) is 0 Å². The molecule has 1 atom stereocenters. The van der Waals surface area contributed by atoms with Crippen molar-refractivity contribution in [2.75, 3.05) is 18.4 Å². The van der Waals surface area contributed by atoms with Crippen molar-refractivity contribution in [3.8, 4) is 6.07 Å². The van der Waals surface area contributed by atoms with Gasteiger partial charge in [0.05, 0.1) is 4.92 Å². The second-order valence-corrected chi connectivity index (χ2v) is 4.82. The summed E-state index contributed by atoms with van der Waals surface area (Å²) >= 11 is 0. The van der Waals surface area contributed by atoms with Gasteiger partial charge in [0.1, 0.15) is 17.7 Å². The number of hydrogen-bond donors (Lipinski definition) is 1. The number of carbonyl (C=O) groups excluding carboxylic acids is 1. The summed E-state index contributed by atoms with van der Waals surface area (Å²) < 4.78 is 0. The van der Waals surface area contributed by atoms with Gasteiger partial charge >= 0.3 is 5.69 Å². The molecule has 1 amide bonds. The first-order valence-electron chi connectivity index (χ1n) is 6.63. The van der Waals surface area contributed by atoms with Gasteiger partial charge in [0, 0.05) is 19.3 Å². The Morgan fingerprint density at radius 2 is 2.24 bits per heavy atom. The van der Waals surface area contributed by atoms with Crippen LogP contribution in [0.25, 0.3) is 0 Å². The summed E-state index contributed by atoms with van der Waals surface area (Å²) in [4.78, 5) is 28.2. The molecule has 0 spiro atoms. The van der Waals surface area contributed by atoms with E-state index in [0.29, 0.717) is 13.1 Å². The van der Waals surface area contributed by atoms with E-state index >= 15 is 0 Å². The second-order valence-electron chi connectivity index (χ2n) is 4.82. The summed E-state index contributed by atoms with van der Waals surface area (Å²) in [6.07, 6.45) is 3.25. The smallest absolute Gasteiger partial charge is 0.328 e. The SMILES string of the molecule is CC(Nc1nccc(C#N)c1[N+](=O)[O-])C(=O)N1CCCC1. The predicted molar refractivity (Wildman–Crippen MR) is 74.5 cm³/mol. The van der Waals surface area contributed by atoms with Gasteiger partial charge < -0.3 is 10.2 Å². The summed E-state index contributed by atoms with van der Waals surface area (Å²) in [6, 6.07) is 2.40. The normalized spacial score (nSPS) is 15.3. The lowest BCUT2D eigenvalue weighted by molar-refractivity contribution is -0.384. The molecule has 0 bridgehead atoms. The van der Waals surface area contributed by atoms with Crippen LogP contribution in [0.5, 0.6) is 0 Å². The number of hydrogen-bond acceptors (Lipinski definition) is 6. The van der Waals surface area contributed by atoms with Crippen molar-refractivity contribution in [3.63, 3.8) is 0 Å². The van der Waals surface area contributed by atoms with Gasteiger partial charge in [-0.05, 0) is 25.8 Å². The van der Waals surface area contributed by atoms with Crippen LogP contribution in [0, 0.1) is 21.4 Å². The molecular formula is C13H15N5O3. The number of carbonyl (C=O) groups is 1. The number of pyridine rings is 1. The quantitative estimate of drug-likeness (QED) is 0.660. The molecule has 0 aromatic carbocycles. The number of aromatic nitrogens is 1. The third-order valence-electron chi connectivity index (χ3n) is 3.37. The minimum atomic E-state index is -0.666. The highest BCUT2D eigenvalue weighted by Gasteiger charge is 2.27. The number of nitrogens with zero attached hydrogens (tertiary/aromatic N) is 4. The van der Waals surface area contributed by atoms with E-state index in [9.17, 15) is 14.9 Å². The van der Waals surface area contributed by atoms with E-state index in [4.69, 9.17) is 5.26 Å². The van der Waals surface area contributed by atoms with E-state index < -0.39 is 16.7 Å². The largest absolute Gasteiger partial charge is 0.353 e. The van der Waals surface area contributed by atoms with E-state index in [2.05, 4.69) is 10.3 Å². The molecule has 1 N–H and O–H groups in total. The molecule has 2 heterocycles. The zero-order valence-electron chi connectivity index (χ0n) is 11.6. The van der Waals surface area contributed by atoms with E-state index in [1.807, 2.05) is 0 Å². The van der Waals surface area contributed by atoms with Crippen molar-refractivity contribution in [3.05, 3.63) is 27.9 Å². The predicted octanol–water partition coefficient (Wildman–Crippen LogP) is 1.28. The first-order chi connectivity index (χ1) is 10.0. The average Bonchev–Trinajstić information content (AvgIpc) is 2.99. The molecule has 1 aliphatic heterocycles. The lowest BCUT2D eigenvalue weighted by Crippen LogP contribution is -2.39. The first-order valence-corrected chi connectivity index (χ1v) is 6.63. The third-order valence-corrected chi connectivity index (χ3v) is 3.37. The van der Waals surface area contributed by atoms with Crippen LogP contribution >= 0.6 is 0 Å². The van der Waals surface area contributed by atoms with Crippen LogP contribution in [0.2, 0.25) is 0 Å². The fourth-order valence-corrected chi connectivity index (χ4v) is 2.31. The lowest BCUT2D eigenvalue weighted by atomic mass is 10.2. The number of nitriles is 1. The van der Waals surface area contributed by atoms with Gasteiger partial charge in [-0.2, -0.15) is 5.26 Å². The molecule has 2 rings (SSSR count). The average molecular weight is 289 g/mol. The van der Waals surface area contributed by atoms with Crippen LogP contribution in [0.1, 0.15) is 25.3 Å². The molecule has 8 heteroatoms. The maximum Gasteiger partial charge on any atom is 0.328 e. The zero-order valence-corrected chi connectivity index (χ0v) is 11.6. The van der Waals surface area contributed by atoms with E-state index in [1.165, 1.54) is 12.3 Å². The molecule has 1 aromatic heterocycles. The summed E-state index contributed by atoms with van der Waals surface area (Å²) in [5.74, 6) is -0.176.